The van der Waals surface area contributed by atoms with Crippen molar-refractivity contribution in [3.8, 4) is 0 Å². The largest absolute Gasteiger partial charge is 0.298 e. The second-order valence-corrected chi connectivity index (χ2v) is 4.91. The van der Waals surface area contributed by atoms with Gasteiger partial charge in [-0.2, -0.15) is 0 Å². The highest BCUT2D eigenvalue weighted by Crippen LogP contribution is 2.18. The lowest BCUT2D eigenvalue weighted by atomic mass is 10.3. The molecule has 0 bridgehead atoms. The molecule has 0 unspecified atom stereocenters. The van der Waals surface area contributed by atoms with Crippen molar-refractivity contribution in [1.82, 2.24) is 4.90 Å². The van der Waals surface area contributed by atoms with Gasteiger partial charge in [0.2, 0.25) is 5.91 Å². The monoisotopic (exact) mass is 237 g/mol. The molecule has 1 amide bonds. The Balaban J connectivity index is 2.39. The summed E-state index contributed by atoms with van der Waals surface area (Å²) in [4.78, 5) is 13.2. The van der Waals surface area contributed by atoms with Crippen LogP contribution in [0.4, 0.5) is 0 Å². The first-order chi connectivity index (χ1) is 6.25. The van der Waals surface area contributed by atoms with Gasteiger partial charge in [0, 0.05) is 24.6 Å². The van der Waals surface area contributed by atoms with Crippen molar-refractivity contribution in [3.63, 3.8) is 0 Å². The SMILES string of the molecule is O=C(CCCCl)N1CCCSC1=S. The van der Waals surface area contributed by atoms with Gasteiger partial charge in [-0.05, 0) is 12.8 Å². The summed E-state index contributed by atoms with van der Waals surface area (Å²) in [6.07, 6.45) is 2.30. The van der Waals surface area contributed by atoms with Crippen LogP contribution in [-0.4, -0.2) is 33.3 Å². The molecule has 0 saturated carbocycles. The Morgan fingerprint density at radius 1 is 1.69 bits per heavy atom. The number of amides is 1. The molecule has 1 saturated heterocycles. The van der Waals surface area contributed by atoms with Gasteiger partial charge in [-0.3, -0.25) is 9.69 Å². The van der Waals surface area contributed by atoms with E-state index in [1.54, 1.807) is 16.7 Å². The number of thioether (sulfide) groups is 1. The van der Waals surface area contributed by atoms with Gasteiger partial charge in [0.1, 0.15) is 4.32 Å². The number of rotatable bonds is 3. The Morgan fingerprint density at radius 2 is 2.46 bits per heavy atom. The fourth-order valence-electron chi connectivity index (χ4n) is 1.13. The van der Waals surface area contributed by atoms with Crippen LogP contribution in [0.1, 0.15) is 19.3 Å². The minimum Gasteiger partial charge on any atom is -0.298 e. The minimum absolute atomic E-state index is 0.123. The molecule has 0 N–H and O–H groups in total. The Hall–Kier alpha value is 0.200. The molecule has 0 spiro atoms. The lowest BCUT2D eigenvalue weighted by molar-refractivity contribution is -0.127. The van der Waals surface area contributed by atoms with Crippen molar-refractivity contribution in [2.24, 2.45) is 0 Å². The van der Waals surface area contributed by atoms with Crippen molar-refractivity contribution in [2.45, 2.75) is 19.3 Å². The van der Waals surface area contributed by atoms with E-state index >= 15 is 0 Å². The number of carbonyl (C=O) groups excluding carboxylic acids is 1. The van der Waals surface area contributed by atoms with Crippen molar-refractivity contribution < 1.29 is 4.79 Å². The summed E-state index contributed by atoms with van der Waals surface area (Å²) >= 11 is 12.2. The van der Waals surface area contributed by atoms with Crippen LogP contribution in [0.25, 0.3) is 0 Å². The van der Waals surface area contributed by atoms with E-state index in [1.807, 2.05) is 0 Å². The first-order valence-corrected chi connectivity index (χ1v) is 6.21. The molecule has 5 heteroatoms. The van der Waals surface area contributed by atoms with E-state index in [0.29, 0.717) is 12.3 Å². The van der Waals surface area contributed by atoms with Crippen molar-refractivity contribution >= 4 is 45.8 Å². The normalized spacial score (nSPS) is 17.6. The van der Waals surface area contributed by atoms with Crippen LogP contribution >= 0.6 is 35.6 Å². The summed E-state index contributed by atoms with van der Waals surface area (Å²) in [5, 5.41) is 0. The lowest BCUT2D eigenvalue weighted by Gasteiger charge is -2.26. The Labute approximate surface area is 93.0 Å². The summed E-state index contributed by atoms with van der Waals surface area (Å²) in [7, 11) is 0. The van der Waals surface area contributed by atoms with Gasteiger partial charge in [-0.15, -0.1) is 11.6 Å². The molecule has 13 heavy (non-hydrogen) atoms. The van der Waals surface area contributed by atoms with E-state index in [4.69, 9.17) is 23.8 Å². The molecular formula is C8H12ClNOS2. The van der Waals surface area contributed by atoms with E-state index in [9.17, 15) is 4.79 Å². The average molecular weight is 238 g/mol. The zero-order valence-electron chi connectivity index (χ0n) is 7.29. The van der Waals surface area contributed by atoms with Crippen LogP contribution in [0, 0.1) is 0 Å². The maximum Gasteiger partial charge on any atom is 0.228 e. The van der Waals surface area contributed by atoms with Crippen LogP contribution in [0.3, 0.4) is 0 Å². The summed E-state index contributed by atoms with van der Waals surface area (Å²) in [5.41, 5.74) is 0. The maximum atomic E-state index is 11.5. The van der Waals surface area contributed by atoms with Gasteiger partial charge < -0.3 is 0 Å². The van der Waals surface area contributed by atoms with Crippen molar-refractivity contribution in [1.29, 1.82) is 0 Å². The molecule has 1 heterocycles. The second-order valence-electron chi connectivity index (χ2n) is 2.81. The van der Waals surface area contributed by atoms with Crippen LogP contribution in [0.5, 0.6) is 0 Å². The fraction of sp³-hybridized carbons (Fsp3) is 0.750. The van der Waals surface area contributed by atoms with Crippen molar-refractivity contribution in [3.05, 3.63) is 0 Å². The van der Waals surface area contributed by atoms with Crippen molar-refractivity contribution in [2.75, 3.05) is 18.2 Å². The van der Waals surface area contributed by atoms with Crippen LogP contribution in [0.2, 0.25) is 0 Å². The third kappa shape index (κ3) is 3.44. The van der Waals surface area contributed by atoms with Gasteiger partial charge in [-0.25, -0.2) is 0 Å². The van der Waals surface area contributed by atoms with E-state index in [-0.39, 0.29) is 5.91 Å². The maximum absolute atomic E-state index is 11.5. The predicted molar refractivity (Wildman–Crippen MR) is 61.3 cm³/mol. The van der Waals surface area contributed by atoms with Gasteiger partial charge in [-0.1, -0.05) is 24.0 Å². The molecule has 1 rings (SSSR count). The first kappa shape index (κ1) is 11.3. The third-order valence-electron chi connectivity index (χ3n) is 1.80. The molecule has 0 radical (unpaired) electrons. The van der Waals surface area contributed by atoms with Gasteiger partial charge in [0.25, 0.3) is 0 Å². The quantitative estimate of drug-likeness (QED) is 0.555. The number of carbonyl (C=O) groups is 1. The number of nitrogens with zero attached hydrogens (tertiary/aromatic N) is 1. The number of hydrogen-bond acceptors (Lipinski definition) is 3. The molecule has 0 atom stereocenters. The van der Waals surface area contributed by atoms with Gasteiger partial charge in [0.15, 0.2) is 0 Å². The summed E-state index contributed by atoms with van der Waals surface area (Å²) in [6, 6.07) is 0. The van der Waals surface area contributed by atoms with E-state index in [2.05, 4.69) is 0 Å². The first-order valence-electron chi connectivity index (χ1n) is 4.29. The Bertz CT molecular complexity index is 210. The average Bonchev–Trinajstić information content (AvgIpc) is 2.15. The van der Waals surface area contributed by atoms with E-state index in [1.165, 1.54) is 0 Å². The highest BCUT2D eigenvalue weighted by atomic mass is 35.5. The zero-order chi connectivity index (χ0) is 9.68. The highest BCUT2D eigenvalue weighted by molar-refractivity contribution is 8.23. The van der Waals surface area contributed by atoms with Crippen LogP contribution < -0.4 is 0 Å². The van der Waals surface area contributed by atoms with Gasteiger partial charge >= 0.3 is 0 Å². The van der Waals surface area contributed by atoms with Gasteiger partial charge in [0.05, 0.1) is 0 Å². The number of halogens is 1. The molecule has 1 aliphatic heterocycles. The minimum atomic E-state index is 0.123. The number of thiocarbonyl (C=S) groups is 1. The molecule has 0 aromatic heterocycles. The molecule has 1 fully saturated rings. The fourth-order valence-corrected chi connectivity index (χ4v) is 2.50. The topological polar surface area (TPSA) is 20.3 Å². The van der Waals surface area contributed by atoms with Crippen LogP contribution in [-0.2, 0) is 4.79 Å². The second kappa shape index (κ2) is 5.83. The molecule has 0 aliphatic carbocycles. The molecule has 74 valence electrons. The molecule has 0 aromatic rings. The number of alkyl halides is 1. The molecule has 0 aromatic carbocycles. The third-order valence-corrected chi connectivity index (χ3v) is 3.60. The lowest BCUT2D eigenvalue weighted by Crippen LogP contribution is -2.37. The Morgan fingerprint density at radius 3 is 3.08 bits per heavy atom. The van der Waals surface area contributed by atoms with Crippen LogP contribution in [0.15, 0.2) is 0 Å². The summed E-state index contributed by atoms with van der Waals surface area (Å²) in [5.74, 6) is 1.70. The smallest absolute Gasteiger partial charge is 0.228 e. The zero-order valence-corrected chi connectivity index (χ0v) is 9.68. The van der Waals surface area contributed by atoms with E-state index < -0.39 is 0 Å². The summed E-state index contributed by atoms with van der Waals surface area (Å²) in [6.45, 7) is 0.785. The predicted octanol–water partition coefficient (Wildman–Crippen LogP) is 2.26. The molecular weight excluding hydrogens is 226 g/mol. The molecule has 2 nitrogen and oxygen atoms in total. The highest BCUT2D eigenvalue weighted by Gasteiger charge is 2.20. The molecule has 1 aliphatic rings. The van der Waals surface area contributed by atoms with E-state index in [0.717, 1.165) is 29.5 Å². The summed E-state index contributed by atoms with van der Waals surface area (Å²) < 4.78 is 0.728. The standard InChI is InChI=1S/C8H12ClNOS2/c9-4-1-3-7(11)10-5-2-6-13-8(10)12/h1-6H2. The number of hydrogen-bond donors (Lipinski definition) is 0. The Kier molecular flexibility index (Phi) is 5.06.